The zero-order valence-corrected chi connectivity index (χ0v) is 12.6. The normalized spacial score (nSPS) is 10.9. The molecule has 0 saturated heterocycles. The number of hydrogen-bond donors (Lipinski definition) is 1. The molecule has 0 atom stereocenters. The van der Waals surface area contributed by atoms with Crippen molar-refractivity contribution in [1.29, 1.82) is 5.26 Å². The molecule has 1 N–H and O–H groups in total. The topological polar surface area (TPSA) is 96.4 Å². The first kappa shape index (κ1) is 16.0. The maximum Gasteiger partial charge on any atom is 0.315 e. The Morgan fingerprint density at radius 3 is 2.52 bits per heavy atom. The van der Waals surface area contributed by atoms with Crippen LogP contribution in [0.3, 0.4) is 0 Å². The third-order valence-electron chi connectivity index (χ3n) is 3.29. The van der Waals surface area contributed by atoms with Gasteiger partial charge in [-0.2, -0.15) is 5.26 Å². The van der Waals surface area contributed by atoms with Gasteiger partial charge < -0.3 is 9.84 Å². The number of nitrogens with zero attached hydrogens (tertiary/aromatic N) is 2. The van der Waals surface area contributed by atoms with E-state index in [2.05, 4.69) is 6.07 Å². The van der Waals surface area contributed by atoms with E-state index in [4.69, 9.17) is 4.74 Å². The lowest BCUT2D eigenvalue weighted by atomic mass is 10.0. The van der Waals surface area contributed by atoms with E-state index in [-0.39, 0.29) is 5.75 Å². The zero-order valence-electron chi connectivity index (χ0n) is 12.6. The van der Waals surface area contributed by atoms with Crippen molar-refractivity contribution < 1.29 is 14.8 Å². The molecule has 0 amide bonds. The van der Waals surface area contributed by atoms with Gasteiger partial charge >= 0.3 is 5.69 Å². The summed E-state index contributed by atoms with van der Waals surface area (Å²) in [4.78, 5) is 10.3. The lowest BCUT2D eigenvalue weighted by Gasteiger charge is -2.06. The number of nitriles is 1. The fourth-order valence-electron chi connectivity index (χ4n) is 2.07. The first-order valence-corrected chi connectivity index (χ1v) is 6.70. The van der Waals surface area contributed by atoms with E-state index < -0.39 is 16.4 Å². The van der Waals surface area contributed by atoms with Crippen LogP contribution in [0.1, 0.15) is 16.7 Å². The van der Waals surface area contributed by atoms with Crippen LogP contribution in [-0.2, 0) is 0 Å². The van der Waals surface area contributed by atoms with Crippen molar-refractivity contribution in [3.63, 3.8) is 0 Å². The van der Waals surface area contributed by atoms with Gasteiger partial charge in [0.2, 0.25) is 5.75 Å². The molecule has 2 aromatic carbocycles. The molecule has 0 spiro atoms. The lowest BCUT2D eigenvalue weighted by Crippen LogP contribution is -1.93. The van der Waals surface area contributed by atoms with Crippen molar-refractivity contribution in [2.75, 3.05) is 7.11 Å². The summed E-state index contributed by atoms with van der Waals surface area (Å²) < 4.78 is 4.95. The molecular formula is C17H14N2O4. The molecular weight excluding hydrogens is 296 g/mol. The number of nitro benzene ring substituents is 1. The molecule has 6 heteroatoms. The fourth-order valence-corrected chi connectivity index (χ4v) is 2.07. The highest BCUT2D eigenvalue weighted by molar-refractivity contribution is 5.90. The predicted octanol–water partition coefficient (Wildman–Crippen LogP) is 3.68. The van der Waals surface area contributed by atoms with Crippen LogP contribution in [-0.4, -0.2) is 17.1 Å². The van der Waals surface area contributed by atoms with Gasteiger partial charge in [-0.3, -0.25) is 10.1 Å². The van der Waals surface area contributed by atoms with Gasteiger partial charge in [0.1, 0.15) is 0 Å². The Bertz CT molecular complexity index is 818. The molecule has 2 aromatic rings. The molecule has 0 fully saturated rings. The number of nitro groups is 1. The van der Waals surface area contributed by atoms with Gasteiger partial charge in [-0.1, -0.05) is 29.8 Å². The minimum atomic E-state index is -0.701. The average molecular weight is 310 g/mol. The number of allylic oxidation sites excluding steroid dienone is 1. The van der Waals surface area contributed by atoms with Crippen molar-refractivity contribution in [3.05, 3.63) is 63.2 Å². The van der Waals surface area contributed by atoms with Crippen molar-refractivity contribution in [2.45, 2.75) is 6.92 Å². The van der Waals surface area contributed by atoms with Crippen molar-refractivity contribution in [2.24, 2.45) is 0 Å². The number of ether oxygens (including phenoxy) is 1. The molecule has 0 heterocycles. The summed E-state index contributed by atoms with van der Waals surface area (Å²) >= 11 is 0. The van der Waals surface area contributed by atoms with Crippen LogP contribution in [0.15, 0.2) is 36.4 Å². The summed E-state index contributed by atoms with van der Waals surface area (Å²) in [5.74, 6) is -0.560. The number of aryl methyl sites for hydroxylation is 1. The molecule has 0 aliphatic heterocycles. The molecule has 0 aliphatic carbocycles. The molecule has 0 radical (unpaired) electrons. The summed E-state index contributed by atoms with van der Waals surface area (Å²) in [6.45, 7) is 1.94. The Kier molecular flexibility index (Phi) is 4.62. The summed E-state index contributed by atoms with van der Waals surface area (Å²) in [5.41, 5.74) is 2.04. The van der Waals surface area contributed by atoms with Crippen molar-refractivity contribution in [1.82, 2.24) is 0 Å². The molecule has 0 bridgehead atoms. The number of phenols is 1. The Hall–Kier alpha value is -3.33. The second-order valence-corrected chi connectivity index (χ2v) is 4.88. The molecule has 6 nitrogen and oxygen atoms in total. The number of methoxy groups -OCH3 is 1. The van der Waals surface area contributed by atoms with Crippen molar-refractivity contribution in [3.8, 4) is 17.6 Å². The Balaban J connectivity index is 2.56. The highest BCUT2D eigenvalue weighted by Gasteiger charge is 2.19. The minimum Gasteiger partial charge on any atom is -0.500 e. The lowest BCUT2D eigenvalue weighted by molar-refractivity contribution is -0.386. The van der Waals surface area contributed by atoms with Gasteiger partial charge in [0.15, 0.2) is 5.75 Å². The average Bonchev–Trinajstić information content (AvgIpc) is 2.54. The SMILES string of the molecule is COc1cc(/C=C(\C#N)c2ccc(C)cc2)cc([N+](=O)[O-])c1O. The van der Waals surface area contributed by atoms with Crippen LogP contribution in [0.2, 0.25) is 0 Å². The van der Waals surface area contributed by atoms with Gasteiger partial charge in [-0.05, 0) is 30.2 Å². The van der Waals surface area contributed by atoms with Crippen LogP contribution in [0.4, 0.5) is 5.69 Å². The number of hydrogen-bond acceptors (Lipinski definition) is 5. The van der Waals surface area contributed by atoms with Crippen LogP contribution >= 0.6 is 0 Å². The van der Waals surface area contributed by atoms with Crippen LogP contribution < -0.4 is 4.74 Å². The predicted molar refractivity (Wildman–Crippen MR) is 86.0 cm³/mol. The summed E-state index contributed by atoms with van der Waals surface area (Å²) in [6.07, 6.45) is 1.51. The molecule has 0 saturated carbocycles. The number of rotatable bonds is 4. The number of phenolic OH excluding ortho intramolecular Hbond substituents is 1. The van der Waals surface area contributed by atoms with Gasteiger partial charge in [0, 0.05) is 6.07 Å². The quantitative estimate of drug-likeness (QED) is 0.402. The second kappa shape index (κ2) is 6.62. The third kappa shape index (κ3) is 3.47. The standard InChI is InChI=1S/C17H14N2O4/c1-11-3-5-13(6-4-11)14(10-18)7-12-8-15(19(21)22)17(20)16(9-12)23-2/h3-9,20H,1-2H3/b14-7+. The van der Waals surface area contributed by atoms with Crippen LogP contribution in [0.25, 0.3) is 11.6 Å². The Labute approximate surface area is 133 Å². The first-order valence-electron chi connectivity index (χ1n) is 6.70. The van der Waals surface area contributed by atoms with E-state index in [1.807, 2.05) is 19.1 Å². The highest BCUT2D eigenvalue weighted by atomic mass is 16.6. The number of benzene rings is 2. The van der Waals surface area contributed by atoms with E-state index in [0.717, 1.165) is 5.56 Å². The molecule has 0 unspecified atom stereocenters. The zero-order chi connectivity index (χ0) is 17.0. The van der Waals surface area contributed by atoms with E-state index in [0.29, 0.717) is 16.7 Å². The van der Waals surface area contributed by atoms with Crippen molar-refractivity contribution >= 4 is 17.3 Å². The first-order chi connectivity index (χ1) is 11.0. The molecule has 23 heavy (non-hydrogen) atoms. The molecule has 2 rings (SSSR count). The largest absolute Gasteiger partial charge is 0.500 e. The van der Waals surface area contributed by atoms with E-state index in [1.165, 1.54) is 25.3 Å². The van der Waals surface area contributed by atoms with E-state index in [1.54, 1.807) is 12.1 Å². The Morgan fingerprint density at radius 2 is 2.00 bits per heavy atom. The van der Waals surface area contributed by atoms with Gasteiger partial charge in [0.05, 0.1) is 23.7 Å². The van der Waals surface area contributed by atoms with Crippen LogP contribution in [0.5, 0.6) is 11.5 Å². The smallest absolute Gasteiger partial charge is 0.315 e. The Morgan fingerprint density at radius 1 is 1.35 bits per heavy atom. The monoisotopic (exact) mass is 310 g/mol. The second-order valence-electron chi connectivity index (χ2n) is 4.88. The summed E-state index contributed by atoms with van der Waals surface area (Å²) in [7, 11) is 1.30. The molecule has 0 aliphatic rings. The molecule has 116 valence electrons. The minimum absolute atomic E-state index is 0.0216. The van der Waals surface area contributed by atoms with Gasteiger partial charge in [0.25, 0.3) is 0 Å². The highest BCUT2D eigenvalue weighted by Crippen LogP contribution is 2.37. The maximum absolute atomic E-state index is 11.0. The van der Waals surface area contributed by atoms with E-state index in [9.17, 15) is 20.5 Å². The van der Waals surface area contributed by atoms with Gasteiger partial charge in [-0.25, -0.2) is 0 Å². The fraction of sp³-hybridized carbons (Fsp3) is 0.118. The van der Waals surface area contributed by atoms with E-state index >= 15 is 0 Å². The summed E-state index contributed by atoms with van der Waals surface area (Å²) in [5, 5.41) is 30.1. The van der Waals surface area contributed by atoms with Gasteiger partial charge in [-0.15, -0.1) is 0 Å². The molecule has 0 aromatic heterocycles. The number of aromatic hydroxyl groups is 1. The maximum atomic E-state index is 11.0. The third-order valence-corrected chi connectivity index (χ3v) is 3.29. The van der Waals surface area contributed by atoms with Crippen LogP contribution in [0, 0.1) is 28.4 Å². The summed E-state index contributed by atoms with van der Waals surface area (Å²) in [6, 6.07) is 12.1.